The van der Waals surface area contributed by atoms with Crippen LogP contribution in [0, 0.1) is 5.41 Å². The molecule has 2 rings (SSSR count). The lowest BCUT2D eigenvalue weighted by atomic mass is 9.87. The van der Waals surface area contributed by atoms with Crippen molar-refractivity contribution in [2.24, 2.45) is 5.41 Å². The number of rotatable bonds is 9. The van der Waals surface area contributed by atoms with Gasteiger partial charge in [0.1, 0.15) is 28.8 Å². The molecule has 0 aliphatic rings. The quantitative estimate of drug-likeness (QED) is 0.374. The Morgan fingerprint density at radius 2 is 1.32 bits per heavy atom. The molecule has 152 valence electrons. The predicted octanol–water partition coefficient (Wildman–Crippen LogP) is 6.13. The highest BCUT2D eigenvalue weighted by Gasteiger charge is 2.43. The third-order valence-electron chi connectivity index (χ3n) is 4.61. The maximum atomic E-state index is 13.3. The number of carbonyl (C=O) groups is 1. The average molecular weight is 402 g/mol. The zero-order valence-corrected chi connectivity index (χ0v) is 18.8. The fourth-order valence-corrected chi connectivity index (χ4v) is 5.84. The second-order valence-electron chi connectivity index (χ2n) is 7.76. The minimum absolute atomic E-state index is 0.0420. The van der Waals surface area contributed by atoms with Gasteiger partial charge in [0.05, 0.1) is 6.61 Å². The molecule has 28 heavy (non-hydrogen) atoms. The van der Waals surface area contributed by atoms with Crippen LogP contribution in [-0.4, -0.2) is 29.1 Å². The fraction of sp³-hybridized carbons (Fsp3) is 0.458. The first-order valence-electron chi connectivity index (χ1n) is 10.0. The van der Waals surface area contributed by atoms with E-state index in [0.29, 0.717) is 6.61 Å². The summed E-state index contributed by atoms with van der Waals surface area (Å²) in [4.78, 5) is 13.3. The van der Waals surface area contributed by atoms with Crippen LogP contribution in [0.1, 0.15) is 51.9 Å². The lowest BCUT2D eigenvalue weighted by molar-refractivity contribution is 0.0949. The maximum absolute atomic E-state index is 13.3. The van der Waals surface area contributed by atoms with E-state index in [1.807, 2.05) is 55.5 Å². The first-order valence-corrected chi connectivity index (χ1v) is 11.6. The molecule has 0 aliphatic heterocycles. The summed E-state index contributed by atoms with van der Waals surface area (Å²) in [7, 11) is 0.0901. The normalized spacial score (nSPS) is 12.7. The summed E-state index contributed by atoms with van der Waals surface area (Å²) in [5, 5.41) is 0.0420. The van der Waals surface area contributed by atoms with Crippen LogP contribution in [0.4, 0.5) is 0 Å². The summed E-state index contributed by atoms with van der Waals surface area (Å²) in [5.41, 5.74) is 0.710. The van der Waals surface area contributed by atoms with Crippen LogP contribution in [-0.2, 0) is 10.9 Å². The molecule has 0 aliphatic carbocycles. The molecule has 0 N–H and O–H groups in total. The van der Waals surface area contributed by atoms with Crippen molar-refractivity contribution in [2.75, 3.05) is 18.1 Å². The van der Waals surface area contributed by atoms with Crippen LogP contribution in [0.15, 0.2) is 48.5 Å². The van der Waals surface area contributed by atoms with Crippen LogP contribution < -0.4 is 9.47 Å². The minimum Gasteiger partial charge on any atom is -0.494 e. The third-order valence-corrected chi connectivity index (χ3v) is 7.68. The Balaban J connectivity index is 2.14. The summed E-state index contributed by atoms with van der Waals surface area (Å²) in [6.07, 6.45) is 0. The van der Waals surface area contributed by atoms with Gasteiger partial charge in [0, 0.05) is 11.0 Å². The Kier molecular flexibility index (Phi) is 7.99. The maximum Gasteiger partial charge on any atom is 0.215 e. The number of Topliss-reactive ketones (excluding diaryl/α,β-unsaturated/α-hetero) is 1. The third kappa shape index (κ3) is 5.78. The van der Waals surface area contributed by atoms with E-state index < -0.39 is 0 Å². The molecule has 2 aromatic rings. The van der Waals surface area contributed by atoms with Gasteiger partial charge in [-0.15, -0.1) is 0 Å². The largest absolute Gasteiger partial charge is 0.494 e. The van der Waals surface area contributed by atoms with Crippen molar-refractivity contribution in [2.45, 2.75) is 46.8 Å². The fourth-order valence-electron chi connectivity index (χ4n) is 3.33. The van der Waals surface area contributed by atoms with Crippen molar-refractivity contribution in [1.82, 2.24) is 0 Å². The molecule has 3 nitrogen and oxygen atoms in total. The highest BCUT2D eigenvalue weighted by molar-refractivity contribution is 7.98. The van der Waals surface area contributed by atoms with Gasteiger partial charge in [-0.3, -0.25) is 4.79 Å². The molecule has 0 aromatic heterocycles. The molecule has 4 heteroatoms. The lowest BCUT2D eigenvalue weighted by Gasteiger charge is -2.28. The van der Waals surface area contributed by atoms with E-state index in [2.05, 4.69) is 34.6 Å². The Morgan fingerprint density at radius 3 is 1.75 bits per heavy atom. The molecule has 1 atom stereocenters. The predicted molar refractivity (Wildman–Crippen MR) is 120 cm³/mol. The molecule has 0 saturated heterocycles. The minimum atomic E-state index is -0.0519. The van der Waals surface area contributed by atoms with Crippen molar-refractivity contribution in [3.8, 4) is 17.2 Å². The van der Waals surface area contributed by atoms with E-state index in [4.69, 9.17) is 9.47 Å². The molecule has 2 aromatic carbocycles. The molecule has 0 heterocycles. The number of hydrogen-bond acceptors (Lipinski definition) is 3. The van der Waals surface area contributed by atoms with Gasteiger partial charge in [-0.1, -0.05) is 20.8 Å². The zero-order chi connectivity index (χ0) is 20.7. The second kappa shape index (κ2) is 10.0. The van der Waals surface area contributed by atoms with Crippen LogP contribution >= 0.6 is 0 Å². The van der Waals surface area contributed by atoms with E-state index in [-0.39, 0.29) is 27.3 Å². The molecule has 1 unspecified atom stereocenters. The van der Waals surface area contributed by atoms with Gasteiger partial charge in [-0.05, 0) is 80.2 Å². The summed E-state index contributed by atoms with van der Waals surface area (Å²) in [5.74, 6) is 4.62. The highest BCUT2D eigenvalue weighted by Crippen LogP contribution is 2.31. The van der Waals surface area contributed by atoms with Crippen LogP contribution in [0.3, 0.4) is 0 Å². The molecule has 0 spiro atoms. The first-order chi connectivity index (χ1) is 13.3. The number of ketones is 1. The molecule has 0 radical (unpaired) electrons. The van der Waals surface area contributed by atoms with E-state index in [0.717, 1.165) is 34.3 Å². The Hall–Kier alpha value is -1.94. The SMILES string of the molecule is CCOc1ccc(Oc2ccc(C(=O)C([S+](CC)CC)C(C)(C)C)cc2)cc1. The Bertz CT molecular complexity index is 741. The van der Waals surface area contributed by atoms with Gasteiger partial charge < -0.3 is 9.47 Å². The van der Waals surface area contributed by atoms with Crippen molar-refractivity contribution in [1.29, 1.82) is 0 Å². The second-order valence-corrected chi connectivity index (χ2v) is 10.5. The van der Waals surface area contributed by atoms with Crippen LogP contribution in [0.5, 0.6) is 17.2 Å². The number of hydrogen-bond donors (Lipinski definition) is 0. The van der Waals surface area contributed by atoms with Gasteiger partial charge in [-0.25, -0.2) is 0 Å². The van der Waals surface area contributed by atoms with E-state index in [9.17, 15) is 4.79 Å². The lowest BCUT2D eigenvalue weighted by Crippen LogP contribution is -2.43. The molecular formula is C24H33O3S+. The van der Waals surface area contributed by atoms with Crippen molar-refractivity contribution in [3.63, 3.8) is 0 Å². The van der Waals surface area contributed by atoms with E-state index in [1.165, 1.54) is 0 Å². The van der Waals surface area contributed by atoms with Gasteiger partial charge in [0.2, 0.25) is 5.78 Å². The molecule has 0 bridgehead atoms. The highest BCUT2D eigenvalue weighted by atomic mass is 32.2. The summed E-state index contributed by atoms with van der Waals surface area (Å²) in [6.45, 7) is 13.5. The Morgan fingerprint density at radius 1 is 0.857 bits per heavy atom. The topological polar surface area (TPSA) is 35.5 Å². The summed E-state index contributed by atoms with van der Waals surface area (Å²) in [6, 6.07) is 15.1. The average Bonchev–Trinajstić information content (AvgIpc) is 2.67. The number of carbonyl (C=O) groups excluding carboxylic acids is 1. The van der Waals surface area contributed by atoms with E-state index in [1.54, 1.807) is 0 Å². The Labute approximate surface area is 172 Å². The number of ether oxygens (including phenoxy) is 2. The summed E-state index contributed by atoms with van der Waals surface area (Å²) < 4.78 is 11.3. The number of benzene rings is 2. The zero-order valence-electron chi connectivity index (χ0n) is 18.0. The first kappa shape index (κ1) is 22.4. The molecular weight excluding hydrogens is 368 g/mol. The summed E-state index contributed by atoms with van der Waals surface area (Å²) >= 11 is 0. The van der Waals surface area contributed by atoms with Crippen LogP contribution in [0.25, 0.3) is 0 Å². The molecule has 0 saturated carbocycles. The van der Waals surface area contributed by atoms with Gasteiger partial charge in [0.25, 0.3) is 0 Å². The smallest absolute Gasteiger partial charge is 0.215 e. The van der Waals surface area contributed by atoms with Crippen molar-refractivity contribution in [3.05, 3.63) is 54.1 Å². The van der Waals surface area contributed by atoms with Gasteiger partial charge >= 0.3 is 0 Å². The van der Waals surface area contributed by atoms with Crippen molar-refractivity contribution >= 4 is 16.7 Å². The van der Waals surface area contributed by atoms with E-state index >= 15 is 0 Å². The van der Waals surface area contributed by atoms with Crippen molar-refractivity contribution < 1.29 is 14.3 Å². The molecule has 0 fully saturated rings. The van der Waals surface area contributed by atoms with Gasteiger partial charge in [0.15, 0.2) is 5.25 Å². The standard InChI is InChI=1S/C24H33O3S/c1-7-26-19-14-16-21(17-15-19)27-20-12-10-18(11-13-20)22(25)23(24(4,5)6)28(8-2)9-3/h10-17,23H,7-9H2,1-6H3/q+1. The molecule has 0 amide bonds. The van der Waals surface area contributed by atoms with Gasteiger partial charge in [-0.2, -0.15) is 0 Å². The monoisotopic (exact) mass is 401 g/mol. The van der Waals surface area contributed by atoms with Crippen LogP contribution in [0.2, 0.25) is 0 Å².